The zero-order valence-electron chi connectivity index (χ0n) is 11.7. The van der Waals surface area contributed by atoms with Crippen molar-refractivity contribution in [2.24, 2.45) is 0 Å². The lowest BCUT2D eigenvalue weighted by Gasteiger charge is -2.06. The van der Waals surface area contributed by atoms with Crippen LogP contribution in [-0.2, 0) is 0 Å². The van der Waals surface area contributed by atoms with Crippen molar-refractivity contribution in [3.63, 3.8) is 0 Å². The average molecular weight is 334 g/mol. The van der Waals surface area contributed by atoms with Gasteiger partial charge in [-0.1, -0.05) is 35.3 Å². The fourth-order valence-corrected chi connectivity index (χ4v) is 3.32. The van der Waals surface area contributed by atoms with Crippen LogP contribution >= 0.6 is 34.5 Å². The van der Waals surface area contributed by atoms with E-state index in [4.69, 9.17) is 23.2 Å². The Hall–Kier alpha value is -1.35. The molecule has 0 aliphatic heterocycles. The molecule has 3 aromatic rings. The Kier molecular flexibility index (Phi) is 4.03. The van der Waals surface area contributed by atoms with Gasteiger partial charge in [0.05, 0.1) is 5.52 Å². The first-order valence-electron chi connectivity index (χ1n) is 6.54. The van der Waals surface area contributed by atoms with Gasteiger partial charge in [-0.25, -0.2) is 4.98 Å². The van der Waals surface area contributed by atoms with Gasteiger partial charge in [-0.3, -0.25) is 0 Å². The number of hydrogen-bond acceptors (Lipinski definition) is 2. The summed E-state index contributed by atoms with van der Waals surface area (Å²) in [6, 6.07) is 10.1. The molecule has 1 nitrogen and oxygen atoms in total. The van der Waals surface area contributed by atoms with E-state index in [2.05, 4.69) is 30.1 Å². The Morgan fingerprint density at radius 3 is 2.57 bits per heavy atom. The van der Waals surface area contributed by atoms with Crippen molar-refractivity contribution in [3.05, 3.63) is 61.4 Å². The second-order valence-electron chi connectivity index (χ2n) is 4.89. The number of aromatic nitrogens is 1. The summed E-state index contributed by atoms with van der Waals surface area (Å²) in [6.45, 7) is 4.05. The van der Waals surface area contributed by atoms with Crippen molar-refractivity contribution < 1.29 is 0 Å². The summed E-state index contributed by atoms with van der Waals surface area (Å²) >= 11 is 14.2. The van der Waals surface area contributed by atoms with Crippen LogP contribution in [0.1, 0.15) is 20.9 Å². The second kappa shape index (κ2) is 5.80. The number of pyridine rings is 1. The number of nitrogens with zero attached hydrogens (tertiary/aromatic N) is 1. The predicted molar refractivity (Wildman–Crippen MR) is 94.5 cm³/mol. The summed E-state index contributed by atoms with van der Waals surface area (Å²) < 4.78 is 0. The van der Waals surface area contributed by atoms with Gasteiger partial charge in [-0.05, 0) is 49.8 Å². The van der Waals surface area contributed by atoms with E-state index in [1.807, 2.05) is 31.2 Å². The average Bonchev–Trinajstić information content (AvgIpc) is 2.87. The molecule has 2 aromatic heterocycles. The summed E-state index contributed by atoms with van der Waals surface area (Å²) in [4.78, 5) is 6.99. The number of fused-ring (bicyclic) bond motifs is 1. The Labute approximate surface area is 137 Å². The van der Waals surface area contributed by atoms with Crippen LogP contribution < -0.4 is 0 Å². The molecule has 0 bridgehead atoms. The van der Waals surface area contributed by atoms with Gasteiger partial charge in [0.25, 0.3) is 0 Å². The molecule has 1 aromatic carbocycles. The molecule has 0 spiro atoms. The summed E-state index contributed by atoms with van der Waals surface area (Å²) in [5, 5.41) is 2.25. The predicted octanol–water partition coefficient (Wildman–Crippen LogP) is 6.39. The quantitative estimate of drug-likeness (QED) is 0.495. The fourth-order valence-electron chi connectivity index (χ4n) is 2.18. The molecule has 21 heavy (non-hydrogen) atoms. The number of rotatable bonds is 2. The molecule has 2 heterocycles. The van der Waals surface area contributed by atoms with Crippen LogP contribution in [0.5, 0.6) is 0 Å². The zero-order valence-corrected chi connectivity index (χ0v) is 14.0. The van der Waals surface area contributed by atoms with E-state index in [0.717, 1.165) is 22.0 Å². The lowest BCUT2D eigenvalue weighted by molar-refractivity contribution is 1.36. The van der Waals surface area contributed by atoms with E-state index in [-0.39, 0.29) is 0 Å². The molecule has 0 fully saturated rings. The van der Waals surface area contributed by atoms with Gasteiger partial charge in [0.2, 0.25) is 0 Å². The molecule has 4 heteroatoms. The molecular weight excluding hydrogens is 321 g/mol. The number of benzene rings is 1. The third-order valence-electron chi connectivity index (χ3n) is 3.34. The Balaban J connectivity index is 2.05. The second-order valence-corrected chi connectivity index (χ2v) is 6.98. The number of aryl methyl sites for hydroxylation is 2. The van der Waals surface area contributed by atoms with E-state index in [1.54, 1.807) is 11.3 Å². The van der Waals surface area contributed by atoms with E-state index in [9.17, 15) is 0 Å². The first-order valence-corrected chi connectivity index (χ1v) is 8.12. The van der Waals surface area contributed by atoms with Gasteiger partial charge in [0.1, 0.15) is 5.15 Å². The highest BCUT2D eigenvalue weighted by Gasteiger charge is 2.07. The highest BCUT2D eigenvalue weighted by Crippen LogP contribution is 2.28. The van der Waals surface area contributed by atoms with Gasteiger partial charge in [0, 0.05) is 25.7 Å². The van der Waals surface area contributed by atoms with Gasteiger partial charge in [-0.2, -0.15) is 0 Å². The molecule has 0 saturated carbocycles. The Morgan fingerprint density at radius 1 is 1.05 bits per heavy atom. The summed E-state index contributed by atoms with van der Waals surface area (Å²) in [7, 11) is 0. The SMILES string of the molecule is Cc1ccc(/C=C/c2cc3ccc(Cl)c(C)c3nc2Cl)s1. The maximum Gasteiger partial charge on any atom is 0.137 e. The topological polar surface area (TPSA) is 12.9 Å². The van der Waals surface area contributed by atoms with Gasteiger partial charge in [0.15, 0.2) is 0 Å². The van der Waals surface area contributed by atoms with E-state index in [0.29, 0.717) is 10.2 Å². The molecule has 106 valence electrons. The highest BCUT2D eigenvalue weighted by atomic mass is 35.5. The minimum atomic E-state index is 0.498. The molecular formula is C17H13Cl2NS. The van der Waals surface area contributed by atoms with Crippen LogP contribution in [0.15, 0.2) is 30.3 Å². The van der Waals surface area contributed by atoms with E-state index in [1.165, 1.54) is 9.75 Å². The van der Waals surface area contributed by atoms with Crippen LogP contribution in [0.25, 0.3) is 23.1 Å². The molecule has 0 amide bonds. The van der Waals surface area contributed by atoms with Gasteiger partial charge in [-0.15, -0.1) is 11.3 Å². The minimum Gasteiger partial charge on any atom is -0.235 e. The van der Waals surface area contributed by atoms with Crippen molar-refractivity contribution in [1.29, 1.82) is 0 Å². The third kappa shape index (κ3) is 2.98. The first kappa shape index (κ1) is 14.6. The number of hydrogen-bond donors (Lipinski definition) is 0. The standard InChI is InChI=1S/C17H13Cl2NS/c1-10-3-6-14(21-10)7-4-13-9-12-5-8-15(18)11(2)16(12)20-17(13)19/h3-9H,1-2H3/b7-4+. The van der Waals surface area contributed by atoms with Crippen LogP contribution in [0.3, 0.4) is 0 Å². The Morgan fingerprint density at radius 2 is 1.86 bits per heavy atom. The highest BCUT2D eigenvalue weighted by molar-refractivity contribution is 7.12. The molecule has 0 aliphatic carbocycles. The van der Waals surface area contributed by atoms with Crippen molar-refractivity contribution in [2.75, 3.05) is 0 Å². The van der Waals surface area contributed by atoms with Crippen molar-refractivity contribution in [2.45, 2.75) is 13.8 Å². The summed E-state index contributed by atoms with van der Waals surface area (Å²) in [5.74, 6) is 0. The summed E-state index contributed by atoms with van der Waals surface area (Å²) in [5.41, 5.74) is 2.73. The van der Waals surface area contributed by atoms with E-state index < -0.39 is 0 Å². The lowest BCUT2D eigenvalue weighted by atomic mass is 10.1. The molecule has 3 rings (SSSR count). The minimum absolute atomic E-state index is 0.498. The molecule has 0 unspecified atom stereocenters. The third-order valence-corrected chi connectivity index (χ3v) is 5.02. The largest absolute Gasteiger partial charge is 0.235 e. The molecule has 0 radical (unpaired) electrons. The smallest absolute Gasteiger partial charge is 0.137 e. The summed E-state index contributed by atoms with van der Waals surface area (Å²) in [6.07, 6.45) is 4.07. The van der Waals surface area contributed by atoms with Crippen LogP contribution in [0, 0.1) is 13.8 Å². The van der Waals surface area contributed by atoms with Crippen molar-refractivity contribution in [3.8, 4) is 0 Å². The van der Waals surface area contributed by atoms with Crippen LogP contribution in [0.2, 0.25) is 10.2 Å². The molecule has 0 aliphatic rings. The maximum absolute atomic E-state index is 6.30. The maximum atomic E-state index is 6.30. The molecule has 0 saturated heterocycles. The van der Waals surface area contributed by atoms with Crippen molar-refractivity contribution >= 4 is 57.6 Å². The van der Waals surface area contributed by atoms with Crippen molar-refractivity contribution in [1.82, 2.24) is 4.98 Å². The number of halogens is 2. The molecule has 0 atom stereocenters. The van der Waals surface area contributed by atoms with Crippen LogP contribution in [-0.4, -0.2) is 4.98 Å². The number of thiophene rings is 1. The van der Waals surface area contributed by atoms with Gasteiger partial charge >= 0.3 is 0 Å². The normalized spacial score (nSPS) is 11.6. The van der Waals surface area contributed by atoms with Crippen LogP contribution in [0.4, 0.5) is 0 Å². The Bertz CT molecular complexity index is 849. The first-order chi connectivity index (χ1) is 10.0. The zero-order chi connectivity index (χ0) is 15.0. The molecule has 0 N–H and O–H groups in total. The fraction of sp³-hybridized carbons (Fsp3) is 0.118. The van der Waals surface area contributed by atoms with E-state index >= 15 is 0 Å². The lowest BCUT2D eigenvalue weighted by Crippen LogP contribution is -1.88. The monoisotopic (exact) mass is 333 g/mol. The van der Waals surface area contributed by atoms with Gasteiger partial charge < -0.3 is 0 Å².